The first-order chi connectivity index (χ1) is 14.8. The van der Waals surface area contributed by atoms with E-state index in [2.05, 4.69) is 15.6 Å². The summed E-state index contributed by atoms with van der Waals surface area (Å²) in [6, 6.07) is 4.35. The number of imide groups is 1. The Bertz CT molecular complexity index is 1060. The number of hydrogen-bond donors (Lipinski definition) is 2. The number of carbonyl (C=O) groups is 2. The van der Waals surface area contributed by atoms with Gasteiger partial charge in [0.15, 0.2) is 5.16 Å². The molecule has 10 nitrogen and oxygen atoms in total. The van der Waals surface area contributed by atoms with Crippen LogP contribution in [0.2, 0.25) is 0 Å². The number of amides is 3. The Hall–Kier alpha value is -2.15. The monoisotopic (exact) mass is 469 g/mol. The number of urea groups is 1. The van der Waals surface area contributed by atoms with Crippen molar-refractivity contribution < 1.29 is 22.7 Å². The third kappa shape index (κ3) is 5.20. The van der Waals surface area contributed by atoms with Crippen LogP contribution in [0.25, 0.3) is 11.0 Å². The van der Waals surface area contributed by atoms with Crippen molar-refractivity contribution in [2.45, 2.75) is 42.6 Å². The number of ether oxygens (including phenoxy) is 1. The number of sulfonamides is 1. The summed E-state index contributed by atoms with van der Waals surface area (Å²) in [4.78, 5) is 28.6. The first-order valence-electron chi connectivity index (χ1n) is 10.1. The minimum atomic E-state index is -3.63. The lowest BCUT2D eigenvalue weighted by Gasteiger charge is -2.26. The van der Waals surface area contributed by atoms with E-state index in [-0.39, 0.29) is 4.90 Å². The largest absolute Gasteiger partial charge is 0.379 e. The van der Waals surface area contributed by atoms with Crippen molar-refractivity contribution in [3.8, 4) is 0 Å². The summed E-state index contributed by atoms with van der Waals surface area (Å²) in [7, 11) is -3.63. The highest BCUT2D eigenvalue weighted by Gasteiger charge is 2.27. The Morgan fingerprint density at radius 1 is 1.26 bits per heavy atom. The van der Waals surface area contributed by atoms with Gasteiger partial charge in [-0.25, -0.2) is 18.2 Å². The number of carbonyl (C=O) groups excluding carboxylic acids is 2. The SMILES string of the molecule is CCNC(=O)NC(=O)[C@@H](C)Sc1nc2cc(S(=O)(=O)N3CCOCC3)ccc2n1CC. The second-order valence-electron chi connectivity index (χ2n) is 6.91. The molecule has 0 bridgehead atoms. The first-order valence-corrected chi connectivity index (χ1v) is 12.4. The fourth-order valence-corrected chi connectivity index (χ4v) is 5.63. The fourth-order valence-electron chi connectivity index (χ4n) is 3.21. The molecule has 0 radical (unpaired) electrons. The molecule has 1 atom stereocenters. The van der Waals surface area contributed by atoms with Crippen LogP contribution in [0.3, 0.4) is 0 Å². The average molecular weight is 470 g/mol. The Morgan fingerprint density at radius 3 is 2.61 bits per heavy atom. The fraction of sp³-hybridized carbons (Fsp3) is 0.526. The zero-order chi connectivity index (χ0) is 22.6. The Balaban J connectivity index is 1.85. The molecular formula is C19H27N5O5S2. The van der Waals surface area contributed by atoms with E-state index < -0.39 is 27.2 Å². The zero-order valence-electron chi connectivity index (χ0n) is 17.8. The van der Waals surface area contributed by atoms with E-state index >= 15 is 0 Å². The van der Waals surface area contributed by atoms with Crippen LogP contribution in [-0.4, -0.2) is 72.3 Å². The van der Waals surface area contributed by atoms with E-state index in [1.54, 1.807) is 32.0 Å². The summed E-state index contributed by atoms with van der Waals surface area (Å²) in [5.41, 5.74) is 1.32. The summed E-state index contributed by atoms with van der Waals surface area (Å²) >= 11 is 1.21. The van der Waals surface area contributed by atoms with Crippen LogP contribution in [0.1, 0.15) is 20.8 Å². The van der Waals surface area contributed by atoms with Crippen molar-refractivity contribution in [3.63, 3.8) is 0 Å². The smallest absolute Gasteiger partial charge is 0.321 e. The Kier molecular flexibility index (Phi) is 7.57. The molecule has 1 aromatic heterocycles. The highest BCUT2D eigenvalue weighted by atomic mass is 32.2. The lowest BCUT2D eigenvalue weighted by Crippen LogP contribution is -2.42. The second kappa shape index (κ2) is 9.98. The van der Waals surface area contributed by atoms with Crippen LogP contribution in [-0.2, 0) is 26.1 Å². The summed E-state index contributed by atoms with van der Waals surface area (Å²) in [5.74, 6) is -0.429. The molecule has 3 rings (SSSR count). The van der Waals surface area contributed by atoms with Crippen LogP contribution in [0.4, 0.5) is 4.79 Å². The maximum absolute atomic E-state index is 13.0. The Morgan fingerprint density at radius 2 is 1.97 bits per heavy atom. The van der Waals surface area contributed by atoms with Crippen LogP contribution in [0.15, 0.2) is 28.3 Å². The summed E-state index contributed by atoms with van der Waals surface area (Å²) in [6.07, 6.45) is 0. The van der Waals surface area contributed by atoms with E-state index in [1.165, 1.54) is 16.1 Å². The van der Waals surface area contributed by atoms with Crippen LogP contribution >= 0.6 is 11.8 Å². The summed E-state index contributed by atoms with van der Waals surface area (Å²) in [6.45, 7) is 7.81. The van der Waals surface area contributed by atoms with Crippen LogP contribution in [0, 0.1) is 0 Å². The molecule has 12 heteroatoms. The van der Waals surface area contributed by atoms with Gasteiger partial charge in [0.1, 0.15) is 0 Å². The molecule has 31 heavy (non-hydrogen) atoms. The number of aryl methyl sites for hydroxylation is 1. The second-order valence-corrected chi connectivity index (χ2v) is 10.2. The van der Waals surface area contributed by atoms with Crippen molar-refractivity contribution in [1.82, 2.24) is 24.5 Å². The minimum Gasteiger partial charge on any atom is -0.379 e. The van der Waals surface area contributed by atoms with E-state index in [1.807, 2.05) is 11.5 Å². The van der Waals surface area contributed by atoms with Gasteiger partial charge >= 0.3 is 6.03 Å². The maximum Gasteiger partial charge on any atom is 0.321 e. The van der Waals surface area contributed by atoms with Gasteiger partial charge in [-0.1, -0.05) is 11.8 Å². The summed E-state index contributed by atoms with van der Waals surface area (Å²) < 4.78 is 34.5. The lowest BCUT2D eigenvalue weighted by atomic mass is 10.3. The zero-order valence-corrected chi connectivity index (χ0v) is 19.4. The van der Waals surface area contributed by atoms with Crippen molar-refractivity contribution in [2.75, 3.05) is 32.8 Å². The first kappa shape index (κ1) is 23.5. The number of morpholine rings is 1. The average Bonchev–Trinajstić information content (AvgIpc) is 3.10. The van der Waals surface area contributed by atoms with E-state index in [4.69, 9.17) is 4.74 Å². The quantitative estimate of drug-likeness (QED) is 0.588. The Labute approximate surface area is 185 Å². The number of benzene rings is 1. The third-order valence-corrected chi connectivity index (χ3v) is 7.82. The molecule has 0 saturated carbocycles. The van der Waals surface area contributed by atoms with Crippen molar-refractivity contribution >= 4 is 44.8 Å². The van der Waals surface area contributed by atoms with E-state index in [9.17, 15) is 18.0 Å². The van der Waals surface area contributed by atoms with Gasteiger partial charge in [-0.3, -0.25) is 10.1 Å². The third-order valence-electron chi connectivity index (χ3n) is 4.83. The molecule has 0 unspecified atom stereocenters. The molecule has 1 fully saturated rings. The predicted octanol–water partition coefficient (Wildman–Crippen LogP) is 1.40. The van der Waals surface area contributed by atoms with Crippen LogP contribution < -0.4 is 10.6 Å². The van der Waals surface area contributed by atoms with Crippen LogP contribution in [0.5, 0.6) is 0 Å². The molecule has 1 aliphatic heterocycles. The molecule has 2 N–H and O–H groups in total. The van der Waals surface area contributed by atoms with Crippen molar-refractivity contribution in [2.24, 2.45) is 0 Å². The number of rotatable bonds is 7. The molecule has 1 aromatic carbocycles. The summed E-state index contributed by atoms with van der Waals surface area (Å²) in [5, 5.41) is 4.82. The predicted molar refractivity (Wildman–Crippen MR) is 118 cm³/mol. The number of aromatic nitrogens is 2. The molecule has 2 heterocycles. The maximum atomic E-state index is 13.0. The van der Waals surface area contributed by atoms with E-state index in [0.29, 0.717) is 50.1 Å². The number of imidazole rings is 1. The molecule has 3 amide bonds. The molecular weight excluding hydrogens is 442 g/mol. The molecule has 1 aliphatic rings. The molecule has 1 saturated heterocycles. The van der Waals surface area contributed by atoms with Crippen molar-refractivity contribution in [3.05, 3.63) is 18.2 Å². The van der Waals surface area contributed by atoms with Crippen molar-refractivity contribution in [1.29, 1.82) is 0 Å². The molecule has 170 valence electrons. The van der Waals surface area contributed by atoms with Gasteiger partial charge in [0.05, 0.1) is 34.4 Å². The molecule has 0 aliphatic carbocycles. The minimum absolute atomic E-state index is 0.182. The molecule has 2 aromatic rings. The van der Waals surface area contributed by atoms with Gasteiger partial charge in [0.25, 0.3) is 0 Å². The number of nitrogens with zero attached hydrogens (tertiary/aromatic N) is 3. The standard InChI is InChI=1S/C19H27N5O5S2/c1-4-20-18(26)22-17(25)13(3)30-19-21-15-12-14(6-7-16(15)24(19)5-2)31(27,28)23-8-10-29-11-9-23/h6-7,12-13H,4-5,8-11H2,1-3H3,(H2,20,22,25,26)/t13-/m1/s1. The number of fused-ring (bicyclic) bond motifs is 1. The van der Waals surface area contributed by atoms with Gasteiger partial charge in [-0.05, 0) is 39.0 Å². The number of hydrogen-bond acceptors (Lipinski definition) is 7. The van der Waals surface area contributed by atoms with Gasteiger partial charge in [0, 0.05) is 26.2 Å². The van der Waals surface area contributed by atoms with Gasteiger partial charge < -0.3 is 14.6 Å². The molecule has 0 spiro atoms. The lowest BCUT2D eigenvalue weighted by molar-refractivity contribution is -0.119. The van der Waals surface area contributed by atoms with Gasteiger partial charge in [-0.15, -0.1) is 0 Å². The number of thioether (sulfide) groups is 1. The van der Waals surface area contributed by atoms with E-state index in [0.717, 1.165) is 5.52 Å². The highest BCUT2D eigenvalue weighted by Crippen LogP contribution is 2.29. The number of nitrogens with one attached hydrogen (secondary N) is 2. The highest BCUT2D eigenvalue weighted by molar-refractivity contribution is 8.00. The normalized spacial score (nSPS) is 16.2. The van der Waals surface area contributed by atoms with Gasteiger partial charge in [-0.2, -0.15) is 4.31 Å². The van der Waals surface area contributed by atoms with Gasteiger partial charge in [0.2, 0.25) is 15.9 Å². The topological polar surface area (TPSA) is 123 Å².